The summed E-state index contributed by atoms with van der Waals surface area (Å²) >= 11 is 0. The summed E-state index contributed by atoms with van der Waals surface area (Å²) < 4.78 is 41.1. The van der Waals surface area contributed by atoms with E-state index in [1.54, 1.807) is 13.8 Å². The minimum atomic E-state index is -3.90. The van der Waals surface area contributed by atoms with Gasteiger partial charge in [-0.3, -0.25) is 13.8 Å². The predicted octanol–water partition coefficient (Wildman–Crippen LogP) is -0.505. The molecule has 0 aromatic carbocycles. The Morgan fingerprint density at radius 2 is 2.00 bits per heavy atom. The minimum Gasteiger partial charge on any atom is -0.456 e. The molecule has 6 atom stereocenters. The van der Waals surface area contributed by atoms with Crippen molar-refractivity contribution in [2.24, 2.45) is 5.92 Å². The van der Waals surface area contributed by atoms with Gasteiger partial charge in [-0.2, -0.15) is 8.42 Å². The van der Waals surface area contributed by atoms with Crippen LogP contribution in [0.1, 0.15) is 20.8 Å². The van der Waals surface area contributed by atoms with Crippen LogP contribution in [0.25, 0.3) is 0 Å². The Morgan fingerprint density at radius 3 is 2.61 bits per heavy atom. The Kier molecular flexibility index (Phi) is 3.41. The van der Waals surface area contributed by atoms with Crippen molar-refractivity contribution >= 4 is 22.0 Å². The maximum absolute atomic E-state index is 12.3. The van der Waals surface area contributed by atoms with Crippen molar-refractivity contribution in [3.05, 3.63) is 12.7 Å². The first kappa shape index (κ1) is 16.4. The highest BCUT2D eigenvalue weighted by atomic mass is 32.2. The smallest absolute Gasteiger partial charge is 0.325 e. The van der Waals surface area contributed by atoms with E-state index in [-0.39, 0.29) is 12.5 Å². The molecule has 1 N–H and O–H groups in total. The van der Waals surface area contributed by atoms with Crippen LogP contribution < -0.4 is 5.32 Å². The first-order valence-electron chi connectivity index (χ1n) is 7.28. The lowest BCUT2D eigenvalue weighted by atomic mass is 9.70. The molecule has 3 aliphatic heterocycles. The van der Waals surface area contributed by atoms with E-state index in [0.717, 1.165) is 6.08 Å². The Bertz CT molecular complexity index is 689. The molecule has 2 bridgehead atoms. The van der Waals surface area contributed by atoms with Gasteiger partial charge in [0.15, 0.2) is 11.4 Å². The zero-order valence-corrected chi connectivity index (χ0v) is 13.9. The summed E-state index contributed by atoms with van der Waals surface area (Å²) in [6.45, 7) is 8.14. The van der Waals surface area contributed by atoms with E-state index in [4.69, 9.17) is 13.7 Å². The van der Waals surface area contributed by atoms with Gasteiger partial charge in [-0.1, -0.05) is 13.5 Å². The molecule has 0 aliphatic carbocycles. The lowest BCUT2D eigenvalue weighted by Gasteiger charge is -2.38. The Labute approximate surface area is 134 Å². The van der Waals surface area contributed by atoms with Crippen LogP contribution in [0.4, 0.5) is 0 Å². The molecule has 0 radical (unpaired) electrons. The highest BCUT2D eigenvalue weighted by molar-refractivity contribution is 7.87. The second-order valence-electron chi connectivity index (χ2n) is 6.50. The summed E-state index contributed by atoms with van der Waals surface area (Å²) in [5, 5.41) is 1.24. The number of nitrogens with one attached hydrogen (secondary N) is 1. The Hall–Kier alpha value is -1.45. The number of ether oxygens (including phenoxy) is 2. The number of fused-ring (bicyclic) bond motifs is 1. The molecule has 3 aliphatic rings. The number of carbonyl (C=O) groups is 2. The lowest BCUT2D eigenvalue weighted by molar-refractivity contribution is -0.159. The Morgan fingerprint density at radius 1 is 1.35 bits per heavy atom. The van der Waals surface area contributed by atoms with Gasteiger partial charge in [-0.15, -0.1) is 0 Å². The molecule has 3 heterocycles. The fraction of sp³-hybridized carbons (Fsp3) is 0.714. The van der Waals surface area contributed by atoms with Crippen molar-refractivity contribution in [1.29, 1.82) is 0 Å². The summed E-state index contributed by atoms with van der Waals surface area (Å²) in [5.41, 5.74) is -1.90. The molecule has 3 fully saturated rings. The summed E-state index contributed by atoms with van der Waals surface area (Å²) in [6, 6.07) is 0. The zero-order chi connectivity index (χ0) is 17.2. The van der Waals surface area contributed by atoms with E-state index in [1.807, 2.05) is 6.92 Å². The molecule has 3 saturated heterocycles. The second kappa shape index (κ2) is 4.78. The van der Waals surface area contributed by atoms with Crippen molar-refractivity contribution in [2.45, 2.75) is 49.4 Å². The predicted molar refractivity (Wildman–Crippen MR) is 77.7 cm³/mol. The molecular formula is C14H19NO7S. The van der Waals surface area contributed by atoms with Crippen LogP contribution in [0.5, 0.6) is 0 Å². The van der Waals surface area contributed by atoms with E-state index < -0.39 is 50.7 Å². The second-order valence-corrected chi connectivity index (χ2v) is 8.20. The zero-order valence-electron chi connectivity index (χ0n) is 13.1. The molecule has 6 unspecified atom stereocenters. The minimum absolute atomic E-state index is 0.283. The quantitative estimate of drug-likeness (QED) is 0.415. The number of carbonyl (C=O) groups excluding carboxylic acids is 2. The molecule has 9 heteroatoms. The van der Waals surface area contributed by atoms with Gasteiger partial charge in [-0.05, 0) is 19.9 Å². The first-order chi connectivity index (χ1) is 10.6. The number of hydrogen-bond acceptors (Lipinski definition) is 7. The number of hydrogen-bond donors (Lipinski definition) is 1. The molecule has 23 heavy (non-hydrogen) atoms. The van der Waals surface area contributed by atoms with Gasteiger partial charge in [0.1, 0.15) is 23.9 Å². The van der Waals surface area contributed by atoms with E-state index in [0.29, 0.717) is 0 Å². The van der Waals surface area contributed by atoms with Crippen molar-refractivity contribution in [3.63, 3.8) is 0 Å². The fourth-order valence-corrected chi connectivity index (χ4v) is 5.93. The third kappa shape index (κ3) is 2.06. The molecule has 128 valence electrons. The van der Waals surface area contributed by atoms with Gasteiger partial charge in [0, 0.05) is 5.92 Å². The summed E-state index contributed by atoms with van der Waals surface area (Å²) in [7, 11) is -3.90. The van der Waals surface area contributed by atoms with Crippen molar-refractivity contribution in [2.75, 3.05) is 6.54 Å². The largest absolute Gasteiger partial charge is 0.456 e. The van der Waals surface area contributed by atoms with Crippen LogP contribution in [0.15, 0.2) is 12.7 Å². The molecule has 1 amide bonds. The Balaban J connectivity index is 1.82. The van der Waals surface area contributed by atoms with Gasteiger partial charge < -0.3 is 14.8 Å². The molecule has 0 aromatic rings. The van der Waals surface area contributed by atoms with Crippen LogP contribution >= 0.6 is 0 Å². The standard InChI is InChI=1S/C14H19NO7S/c1-5-8(16)15-6-9(17)20-11-10-12-14(4,22-23(10,18)19)7(2)13(11,3)21-12/h5,7,10-12H,1,6H2,2-4H3,(H,15,16). The van der Waals surface area contributed by atoms with Crippen LogP contribution in [0.3, 0.4) is 0 Å². The van der Waals surface area contributed by atoms with E-state index in [1.165, 1.54) is 0 Å². The maximum atomic E-state index is 12.3. The molecule has 3 rings (SSSR count). The molecule has 0 saturated carbocycles. The van der Waals surface area contributed by atoms with Gasteiger partial charge in [0.25, 0.3) is 10.1 Å². The van der Waals surface area contributed by atoms with Crippen molar-refractivity contribution < 1.29 is 31.7 Å². The van der Waals surface area contributed by atoms with Crippen molar-refractivity contribution in [3.8, 4) is 0 Å². The average Bonchev–Trinajstić information content (AvgIpc) is 2.93. The highest BCUT2D eigenvalue weighted by Crippen LogP contribution is 2.61. The molecule has 0 spiro atoms. The monoisotopic (exact) mass is 345 g/mol. The maximum Gasteiger partial charge on any atom is 0.325 e. The van der Waals surface area contributed by atoms with Crippen LogP contribution in [-0.4, -0.2) is 55.5 Å². The van der Waals surface area contributed by atoms with Crippen molar-refractivity contribution in [1.82, 2.24) is 5.32 Å². The van der Waals surface area contributed by atoms with Crippen LogP contribution in [0.2, 0.25) is 0 Å². The third-order valence-corrected chi connectivity index (χ3v) is 7.06. The lowest BCUT2D eigenvalue weighted by Crippen LogP contribution is -2.57. The first-order valence-corrected chi connectivity index (χ1v) is 8.75. The van der Waals surface area contributed by atoms with E-state index in [9.17, 15) is 18.0 Å². The van der Waals surface area contributed by atoms with Gasteiger partial charge in [0.05, 0.1) is 0 Å². The normalized spacial score (nSPS) is 45.7. The number of amides is 1. The number of esters is 1. The van der Waals surface area contributed by atoms with E-state index >= 15 is 0 Å². The molecular weight excluding hydrogens is 326 g/mol. The highest BCUT2D eigenvalue weighted by Gasteiger charge is 2.80. The van der Waals surface area contributed by atoms with Crippen LogP contribution in [0, 0.1) is 5.92 Å². The van der Waals surface area contributed by atoms with Gasteiger partial charge in [-0.25, -0.2) is 0 Å². The van der Waals surface area contributed by atoms with E-state index in [2.05, 4.69) is 11.9 Å². The topological polar surface area (TPSA) is 108 Å². The summed E-state index contributed by atoms with van der Waals surface area (Å²) in [5.74, 6) is -1.54. The fourth-order valence-electron chi connectivity index (χ4n) is 3.83. The SMILES string of the molecule is C=CC(=O)NCC(=O)OC1C2C3OC1(C)C(C)C3(C)OS2(=O)=O. The summed E-state index contributed by atoms with van der Waals surface area (Å²) in [4.78, 5) is 23.0. The van der Waals surface area contributed by atoms with Crippen LogP contribution in [-0.2, 0) is 33.4 Å². The number of rotatable bonds is 4. The van der Waals surface area contributed by atoms with Gasteiger partial charge in [0.2, 0.25) is 5.91 Å². The molecule has 8 nitrogen and oxygen atoms in total. The molecule has 0 aromatic heterocycles. The third-order valence-electron chi connectivity index (χ3n) is 5.31. The van der Waals surface area contributed by atoms with Gasteiger partial charge >= 0.3 is 5.97 Å². The average molecular weight is 345 g/mol. The summed E-state index contributed by atoms with van der Waals surface area (Å²) in [6.07, 6.45) is -0.623.